The van der Waals surface area contributed by atoms with Gasteiger partial charge in [-0.1, -0.05) is 6.92 Å². The van der Waals surface area contributed by atoms with Crippen molar-refractivity contribution in [3.8, 4) is 0 Å². The van der Waals surface area contributed by atoms with E-state index in [9.17, 15) is 0 Å². The van der Waals surface area contributed by atoms with Crippen molar-refractivity contribution >= 4 is 11.6 Å². The third-order valence-corrected chi connectivity index (χ3v) is 3.21. The van der Waals surface area contributed by atoms with E-state index in [1.807, 2.05) is 13.0 Å². The predicted molar refractivity (Wildman–Crippen MR) is 73.5 cm³/mol. The minimum absolute atomic E-state index is 0.675. The van der Waals surface area contributed by atoms with Crippen LogP contribution in [0.4, 0.5) is 11.6 Å². The minimum atomic E-state index is 0.675. The largest absolute Gasteiger partial charge is 0.354 e. The summed E-state index contributed by atoms with van der Waals surface area (Å²) in [6.45, 7) is 9.52. The number of nitrogens with two attached hydrogens (primary N) is 1. The van der Waals surface area contributed by atoms with Crippen LogP contribution in [0, 0.1) is 6.92 Å². The molecule has 2 rings (SSSR count). The molecule has 0 unspecified atom stereocenters. The van der Waals surface area contributed by atoms with Gasteiger partial charge in [0.2, 0.25) is 0 Å². The first kappa shape index (κ1) is 13.0. The second-order valence-corrected chi connectivity index (χ2v) is 4.63. The standard InChI is InChI=1S/C12H22N6/c1-3-4-17-5-7-18(8-6-17)12-9-11(16-13)14-10(2)15-12/h9H,3-8,13H2,1-2H3,(H,14,15,16). The van der Waals surface area contributed by atoms with E-state index in [0.717, 1.165) is 37.8 Å². The molecule has 1 saturated heterocycles. The Labute approximate surface area is 108 Å². The van der Waals surface area contributed by atoms with E-state index < -0.39 is 0 Å². The van der Waals surface area contributed by atoms with Crippen molar-refractivity contribution in [1.29, 1.82) is 0 Å². The number of nitrogens with zero attached hydrogens (tertiary/aromatic N) is 4. The van der Waals surface area contributed by atoms with Gasteiger partial charge in [0.1, 0.15) is 17.5 Å². The summed E-state index contributed by atoms with van der Waals surface area (Å²) in [7, 11) is 0. The summed E-state index contributed by atoms with van der Waals surface area (Å²) in [5.74, 6) is 7.80. The molecule has 1 fully saturated rings. The van der Waals surface area contributed by atoms with Crippen molar-refractivity contribution in [2.75, 3.05) is 43.0 Å². The fourth-order valence-electron chi connectivity index (χ4n) is 2.30. The lowest BCUT2D eigenvalue weighted by molar-refractivity contribution is 0.258. The molecule has 1 aromatic heterocycles. The number of nitrogens with one attached hydrogen (secondary N) is 1. The summed E-state index contributed by atoms with van der Waals surface area (Å²) in [6, 6.07) is 1.91. The van der Waals surface area contributed by atoms with Crippen LogP contribution in [0.2, 0.25) is 0 Å². The van der Waals surface area contributed by atoms with Gasteiger partial charge in [0, 0.05) is 32.2 Å². The van der Waals surface area contributed by atoms with Gasteiger partial charge in [-0.05, 0) is 19.9 Å². The van der Waals surface area contributed by atoms with Crippen LogP contribution in [0.5, 0.6) is 0 Å². The SMILES string of the molecule is CCCN1CCN(c2cc(NN)nc(C)n2)CC1. The quantitative estimate of drug-likeness (QED) is 0.602. The molecule has 6 nitrogen and oxygen atoms in total. The van der Waals surface area contributed by atoms with Crippen LogP contribution in [0.3, 0.4) is 0 Å². The third kappa shape index (κ3) is 3.08. The second-order valence-electron chi connectivity index (χ2n) is 4.63. The van der Waals surface area contributed by atoms with E-state index in [1.165, 1.54) is 13.0 Å². The molecule has 0 atom stereocenters. The van der Waals surface area contributed by atoms with Gasteiger partial charge in [-0.2, -0.15) is 0 Å². The van der Waals surface area contributed by atoms with Gasteiger partial charge >= 0.3 is 0 Å². The summed E-state index contributed by atoms with van der Waals surface area (Å²) in [5, 5.41) is 0. The Bertz CT molecular complexity index is 386. The Kier molecular flexibility index (Phi) is 4.33. The van der Waals surface area contributed by atoms with Crippen LogP contribution in [-0.2, 0) is 0 Å². The maximum absolute atomic E-state index is 5.41. The van der Waals surface area contributed by atoms with Gasteiger partial charge in [-0.25, -0.2) is 15.8 Å². The normalized spacial score (nSPS) is 16.9. The van der Waals surface area contributed by atoms with Crippen molar-refractivity contribution in [3.05, 3.63) is 11.9 Å². The number of anilines is 2. The van der Waals surface area contributed by atoms with E-state index in [0.29, 0.717) is 5.82 Å². The Morgan fingerprint density at radius 2 is 2.00 bits per heavy atom. The zero-order valence-corrected chi connectivity index (χ0v) is 11.2. The van der Waals surface area contributed by atoms with Crippen LogP contribution < -0.4 is 16.2 Å². The molecule has 100 valence electrons. The van der Waals surface area contributed by atoms with Crippen molar-refractivity contribution < 1.29 is 0 Å². The molecule has 3 N–H and O–H groups in total. The Hall–Kier alpha value is -1.40. The van der Waals surface area contributed by atoms with Crippen molar-refractivity contribution in [2.24, 2.45) is 5.84 Å². The number of piperazine rings is 1. The first-order valence-electron chi connectivity index (χ1n) is 6.52. The average molecular weight is 250 g/mol. The van der Waals surface area contributed by atoms with Crippen LogP contribution in [0.1, 0.15) is 19.2 Å². The number of hydrazine groups is 1. The highest BCUT2D eigenvalue weighted by Gasteiger charge is 2.18. The lowest BCUT2D eigenvalue weighted by Gasteiger charge is -2.35. The Morgan fingerprint density at radius 3 is 2.61 bits per heavy atom. The molecule has 0 aromatic carbocycles. The lowest BCUT2D eigenvalue weighted by atomic mass is 10.3. The van der Waals surface area contributed by atoms with Crippen LogP contribution in [0.25, 0.3) is 0 Å². The molecule has 0 bridgehead atoms. The van der Waals surface area contributed by atoms with Crippen molar-refractivity contribution in [1.82, 2.24) is 14.9 Å². The molecule has 18 heavy (non-hydrogen) atoms. The molecule has 0 aliphatic carbocycles. The van der Waals surface area contributed by atoms with Gasteiger partial charge in [0.25, 0.3) is 0 Å². The molecular weight excluding hydrogens is 228 g/mol. The highest BCUT2D eigenvalue weighted by atomic mass is 15.3. The molecule has 2 heterocycles. The van der Waals surface area contributed by atoms with E-state index >= 15 is 0 Å². The van der Waals surface area contributed by atoms with Crippen LogP contribution in [0.15, 0.2) is 6.07 Å². The maximum Gasteiger partial charge on any atom is 0.145 e. The molecule has 0 radical (unpaired) electrons. The second kappa shape index (κ2) is 5.97. The number of rotatable bonds is 4. The number of aromatic nitrogens is 2. The summed E-state index contributed by atoms with van der Waals surface area (Å²) in [5.41, 5.74) is 2.59. The van der Waals surface area contributed by atoms with Crippen molar-refractivity contribution in [2.45, 2.75) is 20.3 Å². The summed E-state index contributed by atoms with van der Waals surface area (Å²) in [6.07, 6.45) is 1.22. The average Bonchev–Trinajstić information content (AvgIpc) is 2.39. The summed E-state index contributed by atoms with van der Waals surface area (Å²) in [4.78, 5) is 13.5. The van der Waals surface area contributed by atoms with E-state index in [2.05, 4.69) is 32.1 Å². The molecule has 1 aromatic rings. The predicted octanol–water partition coefficient (Wildman–Crippen LogP) is 0.603. The van der Waals surface area contributed by atoms with Crippen molar-refractivity contribution in [3.63, 3.8) is 0 Å². The summed E-state index contributed by atoms with van der Waals surface area (Å²) < 4.78 is 0. The Morgan fingerprint density at radius 1 is 1.28 bits per heavy atom. The number of hydrogen-bond acceptors (Lipinski definition) is 6. The highest BCUT2D eigenvalue weighted by Crippen LogP contribution is 2.17. The number of hydrogen-bond donors (Lipinski definition) is 2. The fraction of sp³-hybridized carbons (Fsp3) is 0.667. The molecular formula is C12H22N6. The third-order valence-electron chi connectivity index (χ3n) is 3.21. The molecule has 6 heteroatoms. The molecule has 0 spiro atoms. The first-order valence-corrected chi connectivity index (χ1v) is 6.52. The van der Waals surface area contributed by atoms with E-state index in [1.54, 1.807) is 0 Å². The molecule has 0 amide bonds. The zero-order chi connectivity index (χ0) is 13.0. The van der Waals surface area contributed by atoms with Gasteiger partial charge in [-0.3, -0.25) is 4.90 Å². The van der Waals surface area contributed by atoms with Gasteiger partial charge in [0.05, 0.1) is 0 Å². The molecule has 1 aliphatic rings. The van der Waals surface area contributed by atoms with E-state index in [-0.39, 0.29) is 0 Å². The van der Waals surface area contributed by atoms with Gasteiger partial charge in [-0.15, -0.1) is 0 Å². The lowest BCUT2D eigenvalue weighted by Crippen LogP contribution is -2.46. The van der Waals surface area contributed by atoms with Gasteiger partial charge < -0.3 is 10.3 Å². The smallest absolute Gasteiger partial charge is 0.145 e. The van der Waals surface area contributed by atoms with E-state index in [4.69, 9.17) is 5.84 Å². The van der Waals surface area contributed by atoms with Crippen LogP contribution >= 0.6 is 0 Å². The maximum atomic E-state index is 5.41. The van der Waals surface area contributed by atoms with Gasteiger partial charge in [0.15, 0.2) is 0 Å². The monoisotopic (exact) mass is 250 g/mol. The zero-order valence-electron chi connectivity index (χ0n) is 11.2. The molecule has 0 saturated carbocycles. The highest BCUT2D eigenvalue weighted by molar-refractivity contribution is 5.49. The Balaban J connectivity index is 2.02. The summed E-state index contributed by atoms with van der Waals surface area (Å²) >= 11 is 0. The first-order chi connectivity index (χ1) is 8.72. The van der Waals surface area contributed by atoms with Crippen LogP contribution in [-0.4, -0.2) is 47.6 Å². The number of aryl methyl sites for hydroxylation is 1. The fourth-order valence-corrected chi connectivity index (χ4v) is 2.30. The number of nitrogen functional groups attached to an aromatic ring is 1. The molecule has 1 aliphatic heterocycles. The topological polar surface area (TPSA) is 70.3 Å². The minimum Gasteiger partial charge on any atom is -0.354 e.